The van der Waals surface area contributed by atoms with Gasteiger partial charge < -0.3 is 14.2 Å². The Balaban J connectivity index is 1.92. The number of amides is 2. The molecule has 33 heavy (non-hydrogen) atoms. The molecule has 1 unspecified atom stereocenters. The number of carbonyl (C=O) groups excluding carboxylic acids is 2. The second kappa shape index (κ2) is 10.9. The molecule has 0 radical (unpaired) electrons. The fourth-order valence-corrected chi connectivity index (χ4v) is 3.63. The fraction of sp³-hybridized carbons (Fsp3) is 0.346. The van der Waals surface area contributed by atoms with Crippen LogP contribution in [0.25, 0.3) is 11.0 Å². The first-order valence-electron chi connectivity index (χ1n) is 11.1. The first-order chi connectivity index (χ1) is 15.8. The molecule has 0 bridgehead atoms. The van der Waals surface area contributed by atoms with E-state index in [-0.39, 0.29) is 48.7 Å². The molecular weight excluding hydrogens is 423 g/mol. The minimum Gasteiger partial charge on any atom is -0.464 e. The smallest absolute Gasteiger partial charge is 0.242 e. The number of benzene rings is 2. The minimum atomic E-state index is -0.372. The number of carbonyl (C=O) groups is 2. The molecule has 0 N–H and O–H groups in total. The molecule has 174 valence electrons. The first-order valence-corrected chi connectivity index (χ1v) is 11.1. The van der Waals surface area contributed by atoms with E-state index in [1.54, 1.807) is 48.2 Å². The van der Waals surface area contributed by atoms with E-state index in [1.807, 2.05) is 13.8 Å². The molecule has 1 heterocycles. The maximum Gasteiger partial charge on any atom is 0.242 e. The van der Waals surface area contributed by atoms with Crippen molar-refractivity contribution in [2.45, 2.75) is 52.7 Å². The van der Waals surface area contributed by atoms with Crippen LogP contribution in [-0.4, -0.2) is 34.2 Å². The zero-order valence-corrected chi connectivity index (χ0v) is 19.2. The number of hydrogen-bond acceptors (Lipinski definition) is 4. The Morgan fingerprint density at radius 1 is 1.00 bits per heavy atom. The molecule has 0 fully saturated rings. The van der Waals surface area contributed by atoms with Crippen LogP contribution in [0.5, 0.6) is 0 Å². The monoisotopic (exact) mass is 452 g/mol. The van der Waals surface area contributed by atoms with E-state index >= 15 is 0 Å². The Bertz CT molecular complexity index is 1170. The van der Waals surface area contributed by atoms with Crippen molar-refractivity contribution in [2.24, 2.45) is 0 Å². The van der Waals surface area contributed by atoms with Crippen LogP contribution in [0.15, 0.2) is 64.0 Å². The zero-order valence-electron chi connectivity index (χ0n) is 19.2. The summed E-state index contributed by atoms with van der Waals surface area (Å²) in [5.74, 6) is -0.776. The van der Waals surface area contributed by atoms with Crippen LogP contribution in [0.3, 0.4) is 0 Å². The van der Waals surface area contributed by atoms with E-state index in [2.05, 4.69) is 0 Å². The van der Waals surface area contributed by atoms with Gasteiger partial charge in [0.15, 0.2) is 5.43 Å². The van der Waals surface area contributed by atoms with Gasteiger partial charge in [0, 0.05) is 19.0 Å². The highest BCUT2D eigenvalue weighted by molar-refractivity contribution is 5.85. The molecule has 0 saturated carbocycles. The van der Waals surface area contributed by atoms with Crippen molar-refractivity contribution in [1.29, 1.82) is 0 Å². The molecule has 0 saturated heterocycles. The second-order valence-electron chi connectivity index (χ2n) is 8.09. The number of para-hydroxylation sites is 1. The van der Waals surface area contributed by atoms with Gasteiger partial charge in [-0.15, -0.1) is 0 Å². The third-order valence-corrected chi connectivity index (χ3v) is 5.80. The Hall–Kier alpha value is -3.48. The average molecular weight is 453 g/mol. The van der Waals surface area contributed by atoms with Crippen molar-refractivity contribution in [3.8, 4) is 0 Å². The highest BCUT2D eigenvalue weighted by Gasteiger charge is 2.25. The molecule has 0 spiro atoms. The first kappa shape index (κ1) is 24.2. The Kier molecular flexibility index (Phi) is 7.98. The van der Waals surface area contributed by atoms with Gasteiger partial charge in [-0.05, 0) is 43.2 Å². The van der Waals surface area contributed by atoms with Crippen LogP contribution in [0.4, 0.5) is 4.39 Å². The van der Waals surface area contributed by atoms with E-state index in [0.717, 1.165) is 0 Å². The molecule has 2 aromatic carbocycles. The van der Waals surface area contributed by atoms with Crippen LogP contribution in [0, 0.1) is 5.82 Å². The summed E-state index contributed by atoms with van der Waals surface area (Å²) in [6.45, 7) is 5.71. The lowest BCUT2D eigenvalue weighted by Gasteiger charge is -2.31. The molecular formula is C26H29FN2O4. The quantitative estimate of drug-likeness (QED) is 0.479. The van der Waals surface area contributed by atoms with Crippen LogP contribution < -0.4 is 5.43 Å². The molecule has 3 aromatic rings. The summed E-state index contributed by atoms with van der Waals surface area (Å²) < 4.78 is 19.0. The van der Waals surface area contributed by atoms with Gasteiger partial charge in [-0.2, -0.15) is 0 Å². The maximum atomic E-state index is 13.4. The topological polar surface area (TPSA) is 70.8 Å². The van der Waals surface area contributed by atoms with Crippen molar-refractivity contribution in [2.75, 3.05) is 6.54 Å². The Morgan fingerprint density at radius 3 is 2.36 bits per heavy atom. The van der Waals surface area contributed by atoms with Gasteiger partial charge in [-0.1, -0.05) is 38.1 Å². The summed E-state index contributed by atoms with van der Waals surface area (Å²) in [6, 6.07) is 12.7. The van der Waals surface area contributed by atoms with Crippen LogP contribution in [-0.2, 0) is 22.7 Å². The molecule has 6 nitrogen and oxygen atoms in total. The third-order valence-electron chi connectivity index (χ3n) is 5.80. The lowest BCUT2D eigenvalue weighted by atomic mass is 10.1. The fourth-order valence-electron chi connectivity index (χ4n) is 3.63. The number of nitrogens with zero attached hydrogens (tertiary/aromatic N) is 2. The van der Waals surface area contributed by atoms with Crippen LogP contribution in [0.2, 0.25) is 0 Å². The number of fused-ring (bicyclic) bond motifs is 1. The van der Waals surface area contributed by atoms with Crippen molar-refractivity contribution >= 4 is 22.8 Å². The minimum absolute atomic E-state index is 0.0119. The Labute approximate surface area is 192 Å². The molecule has 2 amide bonds. The lowest BCUT2D eigenvalue weighted by molar-refractivity contribution is -0.142. The normalized spacial score (nSPS) is 11.9. The summed E-state index contributed by atoms with van der Waals surface area (Å²) in [7, 11) is 0. The van der Waals surface area contributed by atoms with E-state index in [1.165, 1.54) is 23.3 Å². The summed E-state index contributed by atoms with van der Waals surface area (Å²) in [5, 5.41) is 0.437. The second-order valence-corrected chi connectivity index (χ2v) is 8.09. The maximum absolute atomic E-state index is 13.4. The van der Waals surface area contributed by atoms with Crippen LogP contribution in [0.1, 0.15) is 44.7 Å². The van der Waals surface area contributed by atoms with E-state index < -0.39 is 0 Å². The average Bonchev–Trinajstić information content (AvgIpc) is 2.84. The SMILES string of the molecule is CCC(=O)N(CC(=O)N(Cc1ccc(F)cc1)Cc1coc2ccccc2c1=O)C(C)CC. The summed E-state index contributed by atoms with van der Waals surface area (Å²) in [5.41, 5.74) is 1.31. The lowest BCUT2D eigenvalue weighted by Crippen LogP contribution is -2.46. The zero-order chi connectivity index (χ0) is 24.0. The standard InChI is InChI=1S/C26H29FN2O4/c1-4-18(3)29(24(30)5-2)16-25(31)28(14-19-10-12-21(27)13-11-19)15-20-17-33-23-9-7-6-8-22(23)26(20)32/h6-13,17-18H,4-5,14-16H2,1-3H3. The van der Waals surface area contributed by atoms with Gasteiger partial charge in [-0.3, -0.25) is 14.4 Å². The van der Waals surface area contributed by atoms with E-state index in [4.69, 9.17) is 4.42 Å². The van der Waals surface area contributed by atoms with Gasteiger partial charge in [-0.25, -0.2) is 4.39 Å². The van der Waals surface area contributed by atoms with E-state index in [9.17, 15) is 18.8 Å². The molecule has 1 atom stereocenters. The number of hydrogen-bond donors (Lipinski definition) is 0. The van der Waals surface area contributed by atoms with Gasteiger partial charge >= 0.3 is 0 Å². The largest absolute Gasteiger partial charge is 0.464 e. The predicted octanol–water partition coefficient (Wildman–Crippen LogP) is 4.50. The molecule has 1 aromatic heterocycles. The van der Waals surface area contributed by atoms with Crippen molar-refractivity contribution < 1.29 is 18.4 Å². The third kappa shape index (κ3) is 5.86. The number of rotatable bonds is 9. The van der Waals surface area contributed by atoms with Gasteiger partial charge in [0.2, 0.25) is 11.8 Å². The van der Waals surface area contributed by atoms with Gasteiger partial charge in [0.1, 0.15) is 17.9 Å². The highest BCUT2D eigenvalue weighted by atomic mass is 19.1. The molecule has 0 aliphatic rings. The summed E-state index contributed by atoms with van der Waals surface area (Å²) in [4.78, 5) is 41.9. The summed E-state index contributed by atoms with van der Waals surface area (Å²) in [6.07, 6.45) is 2.38. The van der Waals surface area contributed by atoms with Crippen molar-refractivity contribution in [3.05, 3.63) is 82.0 Å². The highest BCUT2D eigenvalue weighted by Crippen LogP contribution is 2.15. The summed E-state index contributed by atoms with van der Waals surface area (Å²) >= 11 is 0. The molecule has 3 rings (SSSR count). The number of halogens is 1. The van der Waals surface area contributed by atoms with Gasteiger partial charge in [0.25, 0.3) is 0 Å². The van der Waals surface area contributed by atoms with Crippen molar-refractivity contribution in [1.82, 2.24) is 9.80 Å². The van der Waals surface area contributed by atoms with Crippen molar-refractivity contribution in [3.63, 3.8) is 0 Å². The van der Waals surface area contributed by atoms with E-state index in [0.29, 0.717) is 34.9 Å². The van der Waals surface area contributed by atoms with Gasteiger partial charge in [0.05, 0.1) is 23.8 Å². The van der Waals surface area contributed by atoms with Crippen LogP contribution >= 0.6 is 0 Å². The predicted molar refractivity (Wildman–Crippen MR) is 125 cm³/mol. The Morgan fingerprint density at radius 2 is 1.70 bits per heavy atom. The molecule has 7 heteroatoms. The molecule has 0 aliphatic carbocycles. The molecule has 0 aliphatic heterocycles.